The van der Waals surface area contributed by atoms with E-state index in [1.165, 1.54) is 0 Å². The fourth-order valence-electron chi connectivity index (χ4n) is 2.65. The van der Waals surface area contributed by atoms with Crippen LogP contribution in [0.2, 0.25) is 0 Å². The molecule has 1 aromatic rings. The number of halogens is 1. The van der Waals surface area contributed by atoms with Crippen LogP contribution in [0.5, 0.6) is 5.75 Å². The maximum Gasteiger partial charge on any atom is 0.119 e. The van der Waals surface area contributed by atoms with E-state index in [0.717, 1.165) is 29.8 Å². The standard InChI is InChI=1S/C16H24BrNO2/c1-4-19-15-11-14(16(15,2)3)18-9-10-20-13-7-5-12(17)6-8-13/h5-8,14-15,18H,4,9-11H2,1-3H3. The average Bonchev–Trinajstić information content (AvgIpc) is 2.43. The minimum atomic E-state index is 0.216. The summed E-state index contributed by atoms with van der Waals surface area (Å²) in [4.78, 5) is 0. The largest absolute Gasteiger partial charge is 0.492 e. The fourth-order valence-corrected chi connectivity index (χ4v) is 2.91. The molecule has 2 rings (SSSR count). The van der Waals surface area contributed by atoms with Crippen LogP contribution in [0.25, 0.3) is 0 Å². The van der Waals surface area contributed by atoms with Gasteiger partial charge in [-0.25, -0.2) is 0 Å². The van der Waals surface area contributed by atoms with Gasteiger partial charge >= 0.3 is 0 Å². The molecule has 112 valence electrons. The molecule has 2 atom stereocenters. The second kappa shape index (κ2) is 6.92. The Balaban J connectivity index is 1.66. The molecule has 0 aliphatic heterocycles. The highest BCUT2D eigenvalue weighted by Gasteiger charge is 2.48. The van der Waals surface area contributed by atoms with Gasteiger partial charge in [-0.15, -0.1) is 0 Å². The van der Waals surface area contributed by atoms with Gasteiger partial charge in [-0.1, -0.05) is 29.8 Å². The summed E-state index contributed by atoms with van der Waals surface area (Å²) in [6.07, 6.45) is 1.48. The van der Waals surface area contributed by atoms with Gasteiger partial charge in [0.2, 0.25) is 0 Å². The molecule has 20 heavy (non-hydrogen) atoms. The van der Waals surface area contributed by atoms with E-state index >= 15 is 0 Å². The van der Waals surface area contributed by atoms with E-state index in [9.17, 15) is 0 Å². The summed E-state index contributed by atoms with van der Waals surface area (Å²) < 4.78 is 12.5. The van der Waals surface area contributed by atoms with Gasteiger partial charge in [-0.2, -0.15) is 0 Å². The Bertz CT molecular complexity index is 419. The zero-order valence-electron chi connectivity index (χ0n) is 12.5. The van der Waals surface area contributed by atoms with Gasteiger partial charge in [0.25, 0.3) is 0 Å². The predicted octanol–water partition coefficient (Wildman–Crippen LogP) is 3.62. The first-order valence-corrected chi connectivity index (χ1v) is 8.06. The molecule has 0 amide bonds. The van der Waals surface area contributed by atoms with E-state index in [4.69, 9.17) is 9.47 Å². The predicted molar refractivity (Wildman–Crippen MR) is 85.2 cm³/mol. The normalized spacial score (nSPS) is 24.2. The molecular formula is C16H24BrNO2. The SMILES string of the molecule is CCOC1CC(NCCOc2ccc(Br)cc2)C1(C)C. The number of benzene rings is 1. The maximum atomic E-state index is 5.73. The van der Waals surface area contributed by atoms with Crippen LogP contribution in [-0.4, -0.2) is 31.9 Å². The number of hydrogen-bond donors (Lipinski definition) is 1. The summed E-state index contributed by atoms with van der Waals surface area (Å²) in [6.45, 7) is 8.95. The lowest BCUT2D eigenvalue weighted by atomic mass is 9.64. The highest BCUT2D eigenvalue weighted by Crippen LogP contribution is 2.42. The monoisotopic (exact) mass is 341 g/mol. The second-order valence-corrected chi connectivity index (χ2v) is 6.73. The summed E-state index contributed by atoms with van der Waals surface area (Å²) in [7, 11) is 0. The Morgan fingerprint density at radius 1 is 1.30 bits per heavy atom. The zero-order chi connectivity index (χ0) is 14.6. The third kappa shape index (κ3) is 3.74. The van der Waals surface area contributed by atoms with Crippen LogP contribution in [-0.2, 0) is 4.74 Å². The first-order chi connectivity index (χ1) is 9.54. The molecule has 3 nitrogen and oxygen atoms in total. The molecule has 4 heteroatoms. The molecule has 0 radical (unpaired) electrons. The van der Waals surface area contributed by atoms with E-state index in [0.29, 0.717) is 18.8 Å². The topological polar surface area (TPSA) is 30.5 Å². The lowest BCUT2D eigenvalue weighted by Gasteiger charge is -2.51. The second-order valence-electron chi connectivity index (χ2n) is 5.81. The van der Waals surface area contributed by atoms with Gasteiger partial charge in [0.05, 0.1) is 6.10 Å². The summed E-state index contributed by atoms with van der Waals surface area (Å²) in [5.41, 5.74) is 0.216. The van der Waals surface area contributed by atoms with Crippen LogP contribution in [0.4, 0.5) is 0 Å². The number of hydrogen-bond acceptors (Lipinski definition) is 3. The van der Waals surface area contributed by atoms with E-state index in [-0.39, 0.29) is 5.41 Å². The van der Waals surface area contributed by atoms with Crippen molar-refractivity contribution >= 4 is 15.9 Å². The van der Waals surface area contributed by atoms with Crippen molar-refractivity contribution < 1.29 is 9.47 Å². The molecule has 0 saturated heterocycles. The van der Waals surface area contributed by atoms with Crippen molar-refractivity contribution in [2.24, 2.45) is 5.41 Å². The first kappa shape index (κ1) is 15.8. The number of rotatable bonds is 7. The van der Waals surface area contributed by atoms with Crippen molar-refractivity contribution in [1.82, 2.24) is 5.32 Å². The summed E-state index contributed by atoms with van der Waals surface area (Å²) in [5, 5.41) is 3.57. The molecule has 0 aromatic heterocycles. The molecule has 1 saturated carbocycles. The van der Waals surface area contributed by atoms with Crippen molar-refractivity contribution in [3.05, 3.63) is 28.7 Å². The zero-order valence-corrected chi connectivity index (χ0v) is 14.1. The van der Waals surface area contributed by atoms with Gasteiger partial charge in [0, 0.05) is 29.1 Å². The molecule has 0 heterocycles. The smallest absolute Gasteiger partial charge is 0.119 e. The molecule has 1 N–H and O–H groups in total. The van der Waals surface area contributed by atoms with Crippen molar-refractivity contribution in [3.8, 4) is 5.75 Å². The highest BCUT2D eigenvalue weighted by molar-refractivity contribution is 9.10. The molecule has 2 unspecified atom stereocenters. The van der Waals surface area contributed by atoms with Gasteiger partial charge in [-0.05, 0) is 37.6 Å². The van der Waals surface area contributed by atoms with Crippen molar-refractivity contribution in [3.63, 3.8) is 0 Å². The van der Waals surface area contributed by atoms with E-state index in [2.05, 4.69) is 42.0 Å². The Hall–Kier alpha value is -0.580. The third-order valence-electron chi connectivity index (χ3n) is 4.12. The maximum absolute atomic E-state index is 5.73. The van der Waals surface area contributed by atoms with Crippen LogP contribution in [0.1, 0.15) is 27.2 Å². The van der Waals surface area contributed by atoms with Gasteiger partial charge in [0.1, 0.15) is 12.4 Å². The Morgan fingerprint density at radius 2 is 2.00 bits per heavy atom. The third-order valence-corrected chi connectivity index (χ3v) is 4.65. The fraction of sp³-hybridized carbons (Fsp3) is 0.625. The Morgan fingerprint density at radius 3 is 2.60 bits per heavy atom. The summed E-state index contributed by atoms with van der Waals surface area (Å²) >= 11 is 3.41. The minimum Gasteiger partial charge on any atom is -0.492 e. The van der Waals surface area contributed by atoms with Crippen LogP contribution >= 0.6 is 15.9 Å². The molecule has 0 spiro atoms. The average molecular weight is 342 g/mol. The highest BCUT2D eigenvalue weighted by atomic mass is 79.9. The quantitative estimate of drug-likeness (QED) is 0.768. The van der Waals surface area contributed by atoms with Gasteiger partial charge in [0.15, 0.2) is 0 Å². The van der Waals surface area contributed by atoms with Crippen LogP contribution in [0, 0.1) is 5.41 Å². The Labute approximate surface area is 130 Å². The molecule has 1 aromatic carbocycles. The molecule has 1 aliphatic rings. The number of nitrogens with one attached hydrogen (secondary N) is 1. The van der Waals surface area contributed by atoms with Crippen molar-refractivity contribution in [2.45, 2.75) is 39.3 Å². The minimum absolute atomic E-state index is 0.216. The Kier molecular flexibility index (Phi) is 5.47. The molecular weight excluding hydrogens is 318 g/mol. The van der Waals surface area contributed by atoms with Crippen LogP contribution in [0.15, 0.2) is 28.7 Å². The summed E-state index contributed by atoms with van der Waals surface area (Å²) in [5.74, 6) is 0.912. The first-order valence-electron chi connectivity index (χ1n) is 7.27. The molecule has 1 fully saturated rings. The lowest BCUT2D eigenvalue weighted by Crippen LogP contribution is -2.61. The van der Waals surface area contributed by atoms with Crippen LogP contribution < -0.4 is 10.1 Å². The van der Waals surface area contributed by atoms with E-state index in [1.54, 1.807) is 0 Å². The van der Waals surface area contributed by atoms with E-state index in [1.807, 2.05) is 24.3 Å². The van der Waals surface area contributed by atoms with Crippen molar-refractivity contribution in [2.75, 3.05) is 19.8 Å². The lowest BCUT2D eigenvalue weighted by molar-refractivity contribution is -0.114. The molecule has 0 bridgehead atoms. The summed E-state index contributed by atoms with van der Waals surface area (Å²) in [6, 6.07) is 8.45. The van der Waals surface area contributed by atoms with E-state index < -0.39 is 0 Å². The van der Waals surface area contributed by atoms with Crippen molar-refractivity contribution in [1.29, 1.82) is 0 Å². The number of ether oxygens (including phenoxy) is 2. The van der Waals surface area contributed by atoms with Gasteiger partial charge in [-0.3, -0.25) is 0 Å². The van der Waals surface area contributed by atoms with Gasteiger partial charge < -0.3 is 14.8 Å². The van der Waals surface area contributed by atoms with Crippen LogP contribution in [0.3, 0.4) is 0 Å². The molecule has 1 aliphatic carbocycles.